The molecule has 2 N–H and O–H groups in total. The average Bonchev–Trinajstić information content (AvgIpc) is 3.56. The second kappa shape index (κ2) is 10.1. The van der Waals surface area contributed by atoms with Gasteiger partial charge in [0.1, 0.15) is 23.9 Å². The number of carbonyl (C=O) groups is 2. The Balaban J connectivity index is 1.41. The molecule has 3 aromatic heterocycles. The molecule has 9 nitrogen and oxygen atoms in total. The van der Waals surface area contributed by atoms with Crippen molar-refractivity contribution in [2.45, 2.75) is 40.5 Å². The monoisotopic (exact) mass is 462 g/mol. The van der Waals surface area contributed by atoms with E-state index in [4.69, 9.17) is 13.6 Å². The molecule has 1 aromatic carbocycles. The molecule has 4 aromatic rings. The number of hydrogen-bond donors (Lipinski definition) is 2. The van der Waals surface area contributed by atoms with Crippen LogP contribution >= 0.6 is 0 Å². The van der Waals surface area contributed by atoms with E-state index >= 15 is 0 Å². The van der Waals surface area contributed by atoms with Gasteiger partial charge in [0.25, 0.3) is 11.8 Å². The molecule has 0 spiro atoms. The number of rotatable bonds is 9. The standard InChI is InChI=1S/C25H26N4O5/c1-4-29-14-21(23(28-29)25(31)26-13-18-6-5-9-32-18)27-24(30)22-8-7-19(34-22)15-33-20-11-16(2)10-17(3)12-20/h5-12,14H,4,13,15H2,1-3H3,(H,26,31)(H,27,30). The summed E-state index contributed by atoms with van der Waals surface area (Å²) in [4.78, 5) is 25.4. The number of amides is 2. The zero-order valence-corrected chi connectivity index (χ0v) is 19.3. The van der Waals surface area contributed by atoms with Crippen molar-refractivity contribution >= 4 is 17.5 Å². The first-order chi connectivity index (χ1) is 16.4. The maximum atomic E-state index is 12.8. The molecule has 176 valence electrons. The Hall–Kier alpha value is -4.27. The van der Waals surface area contributed by atoms with E-state index in [9.17, 15) is 9.59 Å². The van der Waals surface area contributed by atoms with Crippen LogP contribution in [0, 0.1) is 13.8 Å². The van der Waals surface area contributed by atoms with Crippen molar-refractivity contribution in [3.8, 4) is 5.75 Å². The Bertz CT molecular complexity index is 1270. The zero-order chi connectivity index (χ0) is 24.1. The van der Waals surface area contributed by atoms with Crippen molar-refractivity contribution in [3.63, 3.8) is 0 Å². The third kappa shape index (κ3) is 5.55. The SMILES string of the molecule is CCn1cc(NC(=O)c2ccc(COc3cc(C)cc(C)c3)o2)c(C(=O)NCc2ccco2)n1. The molecule has 0 atom stereocenters. The third-order valence-electron chi connectivity index (χ3n) is 5.01. The number of ether oxygens (including phenoxy) is 1. The number of nitrogens with one attached hydrogen (secondary N) is 2. The lowest BCUT2D eigenvalue weighted by molar-refractivity contribution is 0.0943. The largest absolute Gasteiger partial charge is 0.486 e. The minimum Gasteiger partial charge on any atom is -0.486 e. The van der Waals surface area contributed by atoms with Crippen molar-refractivity contribution in [3.05, 3.63) is 89.0 Å². The normalized spacial score (nSPS) is 10.8. The van der Waals surface area contributed by atoms with Crippen molar-refractivity contribution in [1.82, 2.24) is 15.1 Å². The summed E-state index contributed by atoms with van der Waals surface area (Å²) < 4.78 is 18.2. The number of nitrogens with zero attached hydrogens (tertiary/aromatic N) is 2. The molecule has 0 aliphatic heterocycles. The Kier molecular flexibility index (Phi) is 6.82. The first-order valence-electron chi connectivity index (χ1n) is 10.9. The number of benzene rings is 1. The van der Waals surface area contributed by atoms with E-state index < -0.39 is 11.8 Å². The molecule has 0 aliphatic carbocycles. The fourth-order valence-electron chi connectivity index (χ4n) is 3.44. The lowest BCUT2D eigenvalue weighted by Crippen LogP contribution is -2.25. The summed E-state index contributed by atoms with van der Waals surface area (Å²) in [5, 5.41) is 9.72. The summed E-state index contributed by atoms with van der Waals surface area (Å²) in [5.74, 6) is 1.03. The van der Waals surface area contributed by atoms with Crippen LogP contribution in [0.1, 0.15) is 50.6 Å². The van der Waals surface area contributed by atoms with E-state index in [1.54, 1.807) is 35.1 Å². The van der Waals surface area contributed by atoms with E-state index in [1.807, 2.05) is 32.9 Å². The van der Waals surface area contributed by atoms with Gasteiger partial charge < -0.3 is 24.2 Å². The maximum Gasteiger partial charge on any atom is 0.291 e. The molecule has 2 amide bonds. The Morgan fingerprint density at radius 3 is 2.56 bits per heavy atom. The van der Waals surface area contributed by atoms with Crippen LogP contribution in [0.25, 0.3) is 0 Å². The van der Waals surface area contributed by atoms with E-state index in [1.165, 1.54) is 6.26 Å². The zero-order valence-electron chi connectivity index (χ0n) is 19.3. The lowest BCUT2D eigenvalue weighted by Gasteiger charge is -2.07. The Morgan fingerprint density at radius 1 is 1.06 bits per heavy atom. The number of furan rings is 2. The summed E-state index contributed by atoms with van der Waals surface area (Å²) in [6.45, 7) is 6.82. The molecule has 0 saturated carbocycles. The van der Waals surface area contributed by atoms with E-state index in [0.717, 1.165) is 16.9 Å². The lowest BCUT2D eigenvalue weighted by atomic mass is 10.1. The number of aromatic nitrogens is 2. The molecule has 0 fully saturated rings. The van der Waals surface area contributed by atoms with Gasteiger partial charge in [-0.2, -0.15) is 5.10 Å². The fourth-order valence-corrected chi connectivity index (χ4v) is 3.44. The Labute approximate surface area is 196 Å². The minimum atomic E-state index is -0.492. The summed E-state index contributed by atoms with van der Waals surface area (Å²) in [7, 11) is 0. The van der Waals surface area contributed by atoms with Gasteiger partial charge in [0, 0.05) is 12.7 Å². The smallest absolute Gasteiger partial charge is 0.291 e. The summed E-state index contributed by atoms with van der Waals surface area (Å²) in [5.41, 5.74) is 2.59. The van der Waals surface area contributed by atoms with Gasteiger partial charge >= 0.3 is 0 Å². The van der Waals surface area contributed by atoms with Crippen molar-refractivity contribution in [2.75, 3.05) is 5.32 Å². The van der Waals surface area contributed by atoms with Gasteiger partial charge in [0.2, 0.25) is 0 Å². The summed E-state index contributed by atoms with van der Waals surface area (Å²) in [6, 6.07) is 12.7. The molecule has 0 bridgehead atoms. The van der Waals surface area contributed by atoms with E-state index in [0.29, 0.717) is 18.1 Å². The molecule has 0 aliphatic rings. The van der Waals surface area contributed by atoms with Crippen molar-refractivity contribution in [2.24, 2.45) is 0 Å². The molecular weight excluding hydrogens is 436 g/mol. The van der Waals surface area contributed by atoms with E-state index in [-0.39, 0.29) is 30.3 Å². The second-order valence-corrected chi connectivity index (χ2v) is 7.84. The highest BCUT2D eigenvalue weighted by Gasteiger charge is 2.21. The molecule has 0 unspecified atom stereocenters. The van der Waals surface area contributed by atoms with Crippen LogP contribution in [0.5, 0.6) is 5.75 Å². The summed E-state index contributed by atoms with van der Waals surface area (Å²) >= 11 is 0. The summed E-state index contributed by atoms with van der Waals surface area (Å²) in [6.07, 6.45) is 3.14. The predicted molar refractivity (Wildman–Crippen MR) is 125 cm³/mol. The first kappa shape index (κ1) is 22.9. The van der Waals surface area contributed by atoms with Crippen LogP contribution in [0.15, 0.2) is 63.8 Å². The maximum absolute atomic E-state index is 12.8. The molecule has 0 radical (unpaired) electrons. The van der Waals surface area contributed by atoms with Crippen LogP contribution in [0.3, 0.4) is 0 Å². The number of anilines is 1. The van der Waals surface area contributed by atoms with Gasteiger partial charge in [-0.1, -0.05) is 6.07 Å². The third-order valence-corrected chi connectivity index (χ3v) is 5.01. The minimum absolute atomic E-state index is 0.102. The van der Waals surface area contributed by atoms with Gasteiger partial charge in [-0.25, -0.2) is 0 Å². The van der Waals surface area contributed by atoms with Gasteiger partial charge in [0.15, 0.2) is 11.5 Å². The topological polar surface area (TPSA) is 112 Å². The molecule has 3 heterocycles. The second-order valence-electron chi connectivity index (χ2n) is 7.84. The van der Waals surface area contributed by atoms with Crippen molar-refractivity contribution < 1.29 is 23.2 Å². The van der Waals surface area contributed by atoms with Crippen LogP contribution in [-0.2, 0) is 19.7 Å². The van der Waals surface area contributed by atoms with Gasteiger partial charge in [-0.05, 0) is 68.3 Å². The number of aryl methyl sites for hydroxylation is 3. The predicted octanol–water partition coefficient (Wildman–Crippen LogP) is 4.47. The quantitative estimate of drug-likeness (QED) is 0.380. The highest BCUT2D eigenvalue weighted by molar-refractivity contribution is 6.07. The number of carbonyl (C=O) groups excluding carboxylic acids is 2. The van der Waals surface area contributed by atoms with Crippen LogP contribution in [0.4, 0.5) is 5.69 Å². The highest BCUT2D eigenvalue weighted by Crippen LogP contribution is 2.20. The Morgan fingerprint density at radius 2 is 1.85 bits per heavy atom. The van der Waals surface area contributed by atoms with Crippen LogP contribution in [-0.4, -0.2) is 21.6 Å². The van der Waals surface area contributed by atoms with Crippen LogP contribution < -0.4 is 15.4 Å². The van der Waals surface area contributed by atoms with Crippen molar-refractivity contribution in [1.29, 1.82) is 0 Å². The average molecular weight is 463 g/mol. The van der Waals surface area contributed by atoms with Gasteiger partial charge in [-0.3, -0.25) is 14.3 Å². The first-order valence-corrected chi connectivity index (χ1v) is 10.9. The molecular formula is C25H26N4O5. The number of hydrogen-bond acceptors (Lipinski definition) is 6. The molecule has 4 rings (SSSR count). The molecule has 9 heteroatoms. The van der Waals surface area contributed by atoms with Gasteiger partial charge in [0.05, 0.1) is 18.5 Å². The fraction of sp³-hybridized carbons (Fsp3) is 0.240. The van der Waals surface area contributed by atoms with Crippen LogP contribution in [0.2, 0.25) is 0 Å². The highest BCUT2D eigenvalue weighted by atomic mass is 16.5. The molecule has 0 saturated heterocycles. The van der Waals surface area contributed by atoms with E-state index in [2.05, 4.69) is 21.8 Å². The molecule has 34 heavy (non-hydrogen) atoms. The van der Waals surface area contributed by atoms with Gasteiger partial charge in [-0.15, -0.1) is 0 Å².